The number of halogens is 2. The summed E-state index contributed by atoms with van der Waals surface area (Å²) in [6, 6.07) is 8.97. The van der Waals surface area contributed by atoms with Crippen molar-refractivity contribution in [2.45, 2.75) is 13.3 Å². The maximum absolute atomic E-state index is 12.3. The van der Waals surface area contributed by atoms with Crippen LogP contribution in [-0.2, 0) is 0 Å². The minimum atomic E-state index is -0.541. The maximum Gasteiger partial charge on any atom is 0.323 e. The van der Waals surface area contributed by atoms with E-state index in [0.29, 0.717) is 39.3 Å². The third-order valence-corrected chi connectivity index (χ3v) is 3.81. The van der Waals surface area contributed by atoms with Gasteiger partial charge in [-0.2, -0.15) is 0 Å². The van der Waals surface area contributed by atoms with E-state index in [2.05, 4.69) is 16.0 Å². The number of rotatable bonds is 6. The van der Waals surface area contributed by atoms with E-state index >= 15 is 0 Å². The largest absolute Gasteiger partial charge is 0.497 e. The number of benzene rings is 2. The van der Waals surface area contributed by atoms with Crippen molar-refractivity contribution in [3.05, 3.63) is 52.0 Å². The highest BCUT2D eigenvalue weighted by Gasteiger charge is 2.15. The molecule has 2 rings (SSSR count). The molecule has 0 saturated carbocycles. The second kappa shape index (κ2) is 9.31. The molecule has 26 heavy (non-hydrogen) atoms. The fraction of sp³-hybridized carbons (Fsp3) is 0.222. The summed E-state index contributed by atoms with van der Waals surface area (Å²) in [6.07, 6.45) is 0.806. The maximum atomic E-state index is 12.3. The van der Waals surface area contributed by atoms with Crippen molar-refractivity contribution in [2.24, 2.45) is 0 Å². The first-order chi connectivity index (χ1) is 12.4. The molecule has 0 radical (unpaired) electrons. The van der Waals surface area contributed by atoms with E-state index in [1.807, 2.05) is 6.92 Å². The molecule has 3 amide bonds. The Morgan fingerprint density at radius 1 is 1.04 bits per heavy atom. The Morgan fingerprint density at radius 3 is 2.35 bits per heavy atom. The SMILES string of the molecule is CCCNC(=O)c1ccc(OC)cc1NC(=O)Nc1cc(Cl)cc(Cl)c1. The van der Waals surface area contributed by atoms with E-state index in [9.17, 15) is 9.59 Å². The predicted octanol–water partition coefficient (Wildman–Crippen LogP) is 4.79. The molecule has 138 valence electrons. The standard InChI is InChI=1S/C18H19Cl2N3O3/c1-3-6-21-17(24)15-5-4-14(26-2)10-16(15)23-18(25)22-13-8-11(19)7-12(20)9-13/h4-5,7-10H,3,6H2,1-2H3,(H,21,24)(H2,22,23,25). The van der Waals surface area contributed by atoms with Crippen molar-refractivity contribution < 1.29 is 14.3 Å². The molecule has 6 nitrogen and oxygen atoms in total. The van der Waals surface area contributed by atoms with E-state index in [4.69, 9.17) is 27.9 Å². The van der Waals surface area contributed by atoms with Crippen molar-refractivity contribution >= 4 is 46.5 Å². The van der Waals surface area contributed by atoms with Crippen LogP contribution < -0.4 is 20.7 Å². The molecule has 0 spiro atoms. The summed E-state index contributed by atoms with van der Waals surface area (Å²) in [7, 11) is 1.50. The quantitative estimate of drug-likeness (QED) is 0.657. The fourth-order valence-electron chi connectivity index (χ4n) is 2.20. The Hall–Kier alpha value is -2.44. The van der Waals surface area contributed by atoms with E-state index in [1.54, 1.807) is 36.4 Å². The predicted molar refractivity (Wildman–Crippen MR) is 105 cm³/mol. The van der Waals surface area contributed by atoms with Gasteiger partial charge in [-0.05, 0) is 36.8 Å². The molecule has 8 heteroatoms. The molecule has 2 aromatic rings. The van der Waals surface area contributed by atoms with Gasteiger partial charge in [0.15, 0.2) is 0 Å². The number of carbonyl (C=O) groups excluding carboxylic acids is 2. The highest BCUT2D eigenvalue weighted by atomic mass is 35.5. The summed E-state index contributed by atoms with van der Waals surface area (Å²) in [5.74, 6) is 0.230. The summed E-state index contributed by atoms with van der Waals surface area (Å²) in [5.41, 5.74) is 1.09. The van der Waals surface area contributed by atoms with Crippen LogP contribution in [0.15, 0.2) is 36.4 Å². The van der Waals surface area contributed by atoms with Crippen LogP contribution in [0.3, 0.4) is 0 Å². The number of hydrogen-bond donors (Lipinski definition) is 3. The smallest absolute Gasteiger partial charge is 0.323 e. The van der Waals surface area contributed by atoms with Crippen LogP contribution in [0.4, 0.5) is 16.2 Å². The number of ether oxygens (including phenoxy) is 1. The number of urea groups is 1. The number of anilines is 2. The molecule has 0 heterocycles. The summed E-state index contributed by atoms with van der Waals surface area (Å²) in [5, 5.41) is 8.85. The minimum absolute atomic E-state index is 0.282. The van der Waals surface area contributed by atoms with Gasteiger partial charge in [-0.25, -0.2) is 4.79 Å². The number of nitrogens with one attached hydrogen (secondary N) is 3. The van der Waals surface area contributed by atoms with Crippen molar-refractivity contribution in [1.29, 1.82) is 0 Å². The van der Waals surface area contributed by atoms with Gasteiger partial charge >= 0.3 is 6.03 Å². The van der Waals surface area contributed by atoms with Crippen LogP contribution in [-0.4, -0.2) is 25.6 Å². The zero-order valence-corrected chi connectivity index (χ0v) is 15.9. The van der Waals surface area contributed by atoms with Gasteiger partial charge in [0, 0.05) is 28.3 Å². The van der Waals surface area contributed by atoms with Gasteiger partial charge in [-0.15, -0.1) is 0 Å². The van der Waals surface area contributed by atoms with Crippen molar-refractivity contribution in [3.8, 4) is 5.75 Å². The molecule has 3 N–H and O–H groups in total. The number of hydrogen-bond acceptors (Lipinski definition) is 3. The molecule has 0 aliphatic heterocycles. The zero-order valence-electron chi connectivity index (χ0n) is 14.4. The average Bonchev–Trinajstić information content (AvgIpc) is 2.58. The molecule has 2 aromatic carbocycles. The van der Waals surface area contributed by atoms with Crippen molar-refractivity contribution in [3.63, 3.8) is 0 Å². The lowest BCUT2D eigenvalue weighted by Crippen LogP contribution is -2.27. The highest BCUT2D eigenvalue weighted by Crippen LogP contribution is 2.25. The molecule has 0 saturated heterocycles. The van der Waals surface area contributed by atoms with Gasteiger partial charge in [-0.1, -0.05) is 30.1 Å². The van der Waals surface area contributed by atoms with Crippen LogP contribution >= 0.6 is 23.2 Å². The first-order valence-electron chi connectivity index (χ1n) is 7.93. The zero-order chi connectivity index (χ0) is 19.1. The minimum Gasteiger partial charge on any atom is -0.497 e. The van der Waals surface area contributed by atoms with Crippen LogP contribution in [0.1, 0.15) is 23.7 Å². The molecule has 0 unspecified atom stereocenters. The number of carbonyl (C=O) groups is 2. The Kier molecular flexibility index (Phi) is 7.12. The first-order valence-corrected chi connectivity index (χ1v) is 8.69. The lowest BCUT2D eigenvalue weighted by Gasteiger charge is -2.14. The normalized spacial score (nSPS) is 10.2. The second-order valence-corrected chi connectivity index (χ2v) is 6.28. The van der Waals surface area contributed by atoms with Crippen molar-refractivity contribution in [2.75, 3.05) is 24.3 Å². The highest BCUT2D eigenvalue weighted by molar-refractivity contribution is 6.35. The third-order valence-electron chi connectivity index (χ3n) is 3.38. The second-order valence-electron chi connectivity index (χ2n) is 5.40. The lowest BCUT2D eigenvalue weighted by molar-refractivity contribution is 0.0954. The molecule has 0 atom stereocenters. The van der Waals surface area contributed by atoms with E-state index < -0.39 is 6.03 Å². The Balaban J connectivity index is 2.20. The third kappa shape index (κ3) is 5.54. The summed E-state index contributed by atoms with van der Waals surface area (Å²) in [6.45, 7) is 2.49. The van der Waals surface area contributed by atoms with Gasteiger partial charge < -0.3 is 20.7 Å². The van der Waals surface area contributed by atoms with Crippen molar-refractivity contribution in [1.82, 2.24) is 5.32 Å². The van der Waals surface area contributed by atoms with E-state index in [1.165, 1.54) is 7.11 Å². The summed E-state index contributed by atoms with van der Waals surface area (Å²) < 4.78 is 5.16. The van der Waals surface area contributed by atoms with Gasteiger partial charge in [-0.3, -0.25) is 4.79 Å². The van der Waals surface area contributed by atoms with Gasteiger partial charge in [0.25, 0.3) is 5.91 Å². The van der Waals surface area contributed by atoms with Crippen LogP contribution in [0.25, 0.3) is 0 Å². The topological polar surface area (TPSA) is 79.5 Å². The monoisotopic (exact) mass is 395 g/mol. The van der Waals surface area contributed by atoms with Gasteiger partial charge in [0.1, 0.15) is 5.75 Å². The molecule has 0 bridgehead atoms. The number of methoxy groups -OCH3 is 1. The Bertz CT molecular complexity index is 792. The van der Waals surface area contributed by atoms with E-state index in [0.717, 1.165) is 6.42 Å². The fourth-order valence-corrected chi connectivity index (χ4v) is 2.72. The first kappa shape index (κ1) is 19.9. The average molecular weight is 396 g/mol. The molecular weight excluding hydrogens is 377 g/mol. The van der Waals surface area contributed by atoms with Crippen LogP contribution in [0.5, 0.6) is 5.75 Å². The molecule has 0 fully saturated rings. The summed E-state index contributed by atoms with van der Waals surface area (Å²) in [4.78, 5) is 24.6. The lowest BCUT2D eigenvalue weighted by atomic mass is 10.1. The van der Waals surface area contributed by atoms with E-state index in [-0.39, 0.29) is 5.91 Å². The van der Waals surface area contributed by atoms with Gasteiger partial charge in [0.2, 0.25) is 0 Å². The molecular formula is C18H19Cl2N3O3. The summed E-state index contributed by atoms with van der Waals surface area (Å²) >= 11 is 11.8. The van der Waals surface area contributed by atoms with Gasteiger partial charge in [0.05, 0.1) is 18.4 Å². The number of amides is 3. The Morgan fingerprint density at radius 2 is 1.73 bits per heavy atom. The molecule has 0 aliphatic carbocycles. The molecule has 0 aromatic heterocycles. The Labute approximate surface area is 161 Å². The van der Waals surface area contributed by atoms with Crippen LogP contribution in [0, 0.1) is 0 Å². The van der Waals surface area contributed by atoms with Crippen LogP contribution in [0.2, 0.25) is 10.0 Å². The molecule has 0 aliphatic rings.